The highest BCUT2D eigenvalue weighted by molar-refractivity contribution is 7.90. The normalized spacial score (nSPS) is 12.2. The average molecular weight is 351 g/mol. The summed E-state index contributed by atoms with van der Waals surface area (Å²) >= 11 is 0.615. The van der Waals surface area contributed by atoms with Crippen LogP contribution in [0.3, 0.4) is 0 Å². The number of hydrogen-bond acceptors (Lipinski definition) is 6. The summed E-state index contributed by atoms with van der Waals surface area (Å²) in [6.45, 7) is 0. The number of benzene rings is 1. The topological polar surface area (TPSA) is 89.0 Å². The van der Waals surface area contributed by atoms with Crippen molar-refractivity contribution in [2.75, 3.05) is 11.6 Å². The first-order valence-corrected chi connectivity index (χ1v) is 8.26. The second-order valence-corrected chi connectivity index (χ2v) is 6.85. The molecule has 0 atom stereocenters. The molecule has 0 aliphatic heterocycles. The third-order valence-corrected chi connectivity index (χ3v) is 4.00. The molecule has 0 fully saturated rings. The Bertz CT molecular complexity index is 815. The minimum Gasteiger partial charge on any atom is -0.297 e. The largest absolute Gasteiger partial charge is 0.416 e. The summed E-state index contributed by atoms with van der Waals surface area (Å²) in [4.78, 5) is 15.4. The number of aromatic nitrogens is 2. The molecule has 0 spiro atoms. The van der Waals surface area contributed by atoms with Crippen LogP contribution >= 0.6 is 11.5 Å². The summed E-state index contributed by atoms with van der Waals surface area (Å²) in [6, 6.07) is 3.82. The van der Waals surface area contributed by atoms with E-state index >= 15 is 0 Å². The van der Waals surface area contributed by atoms with E-state index in [1.54, 1.807) is 0 Å². The van der Waals surface area contributed by atoms with Crippen LogP contribution in [-0.4, -0.2) is 29.9 Å². The van der Waals surface area contributed by atoms with E-state index < -0.39 is 32.6 Å². The van der Waals surface area contributed by atoms with Crippen LogP contribution in [-0.2, 0) is 16.0 Å². The van der Waals surface area contributed by atoms with E-state index in [1.165, 1.54) is 6.07 Å². The van der Waals surface area contributed by atoms with Crippen LogP contribution in [0, 0.1) is 0 Å². The predicted octanol–water partition coefficient (Wildman–Crippen LogP) is 2.21. The second-order valence-electron chi connectivity index (χ2n) is 4.19. The van der Waals surface area contributed by atoms with Gasteiger partial charge >= 0.3 is 6.18 Å². The first-order chi connectivity index (χ1) is 10.1. The van der Waals surface area contributed by atoms with Gasteiger partial charge in [0.15, 0.2) is 0 Å². The first-order valence-electron chi connectivity index (χ1n) is 5.60. The van der Waals surface area contributed by atoms with Crippen LogP contribution in [0.15, 0.2) is 29.4 Å². The van der Waals surface area contributed by atoms with Gasteiger partial charge in [-0.2, -0.15) is 22.5 Å². The van der Waals surface area contributed by atoms with Gasteiger partial charge in [-0.3, -0.25) is 10.1 Å². The molecule has 22 heavy (non-hydrogen) atoms. The summed E-state index contributed by atoms with van der Waals surface area (Å²) in [5.41, 5.74) is -1.19. The van der Waals surface area contributed by atoms with Gasteiger partial charge in [-0.25, -0.2) is 8.42 Å². The third kappa shape index (κ3) is 3.80. The molecule has 0 saturated carbocycles. The lowest BCUT2D eigenvalue weighted by Crippen LogP contribution is -2.14. The van der Waals surface area contributed by atoms with Gasteiger partial charge in [0, 0.05) is 23.4 Å². The van der Waals surface area contributed by atoms with Crippen LogP contribution in [0.2, 0.25) is 0 Å². The highest BCUT2D eigenvalue weighted by Crippen LogP contribution is 2.29. The van der Waals surface area contributed by atoms with Crippen LogP contribution in [0.4, 0.5) is 18.3 Å². The Balaban J connectivity index is 2.21. The van der Waals surface area contributed by atoms with E-state index in [1.807, 2.05) is 0 Å². The van der Waals surface area contributed by atoms with E-state index in [9.17, 15) is 26.4 Å². The van der Waals surface area contributed by atoms with Crippen molar-refractivity contribution in [1.29, 1.82) is 0 Å². The fourth-order valence-corrected chi connectivity index (χ4v) is 2.86. The number of rotatable bonds is 3. The molecule has 2 aromatic rings. The summed E-state index contributed by atoms with van der Waals surface area (Å²) in [5.74, 6) is -0.845. The van der Waals surface area contributed by atoms with Crippen molar-refractivity contribution in [3.05, 3.63) is 35.4 Å². The van der Waals surface area contributed by atoms with Gasteiger partial charge in [-0.1, -0.05) is 6.07 Å². The molecule has 11 heteroatoms. The Labute approximate surface area is 127 Å². The summed E-state index contributed by atoms with van der Waals surface area (Å²) in [5, 5.41) is 1.62. The van der Waals surface area contributed by atoms with Gasteiger partial charge in [0.1, 0.15) is 0 Å². The lowest BCUT2D eigenvalue weighted by Gasteiger charge is -2.08. The molecular weight excluding hydrogens is 343 g/mol. The maximum Gasteiger partial charge on any atom is 0.416 e. The highest BCUT2D eigenvalue weighted by atomic mass is 32.2. The summed E-state index contributed by atoms with van der Waals surface area (Å²) < 4.78 is 63.7. The van der Waals surface area contributed by atoms with Crippen LogP contribution < -0.4 is 5.32 Å². The zero-order chi connectivity index (χ0) is 16.5. The van der Waals surface area contributed by atoms with Crippen molar-refractivity contribution in [2.45, 2.75) is 11.3 Å². The quantitative estimate of drug-likeness (QED) is 0.916. The fraction of sp³-hybridized carbons (Fsp3) is 0.182. The van der Waals surface area contributed by atoms with Gasteiger partial charge in [0.25, 0.3) is 11.1 Å². The van der Waals surface area contributed by atoms with E-state index in [4.69, 9.17) is 0 Å². The molecule has 0 unspecified atom stereocenters. The zero-order valence-electron chi connectivity index (χ0n) is 10.9. The lowest BCUT2D eigenvalue weighted by atomic mass is 10.1. The molecule has 0 bridgehead atoms. The van der Waals surface area contributed by atoms with Gasteiger partial charge in [-0.05, 0) is 18.2 Å². The molecule has 1 N–H and O–H groups in total. The Morgan fingerprint density at radius 3 is 2.55 bits per heavy atom. The zero-order valence-corrected chi connectivity index (χ0v) is 12.5. The van der Waals surface area contributed by atoms with Crippen molar-refractivity contribution in [3.8, 4) is 0 Å². The molecule has 1 aromatic carbocycles. The van der Waals surface area contributed by atoms with Crippen LogP contribution in [0.1, 0.15) is 15.9 Å². The highest BCUT2D eigenvalue weighted by Gasteiger charge is 2.31. The van der Waals surface area contributed by atoms with E-state index in [-0.39, 0.29) is 10.7 Å². The molecule has 1 amide bonds. The number of anilines is 1. The van der Waals surface area contributed by atoms with E-state index in [0.29, 0.717) is 17.6 Å². The van der Waals surface area contributed by atoms with Gasteiger partial charge in [0.05, 0.1) is 5.56 Å². The molecule has 0 saturated heterocycles. The van der Waals surface area contributed by atoms with Crippen molar-refractivity contribution < 1.29 is 26.4 Å². The van der Waals surface area contributed by atoms with Crippen LogP contribution in [0.5, 0.6) is 0 Å². The molecule has 118 valence electrons. The number of nitrogens with one attached hydrogen (secondary N) is 1. The van der Waals surface area contributed by atoms with Crippen molar-refractivity contribution >= 4 is 32.4 Å². The van der Waals surface area contributed by atoms with Gasteiger partial charge in [-0.15, -0.1) is 0 Å². The number of carbonyl (C=O) groups excluding carboxylic acids is 1. The number of hydrogen-bond donors (Lipinski definition) is 1. The average Bonchev–Trinajstić information content (AvgIpc) is 2.86. The summed E-state index contributed by atoms with van der Waals surface area (Å²) in [7, 11) is -3.62. The Hall–Kier alpha value is -2.01. The minimum absolute atomic E-state index is 0.122. The Morgan fingerprint density at radius 1 is 1.32 bits per heavy atom. The number of amides is 1. The molecule has 1 aromatic heterocycles. The minimum atomic E-state index is -4.57. The molecular formula is C11H8F3N3O3S2. The fourth-order valence-electron chi connectivity index (χ4n) is 1.42. The Morgan fingerprint density at radius 2 is 2.00 bits per heavy atom. The van der Waals surface area contributed by atoms with Crippen molar-refractivity contribution in [3.63, 3.8) is 0 Å². The maximum absolute atomic E-state index is 12.6. The van der Waals surface area contributed by atoms with Crippen molar-refractivity contribution in [2.24, 2.45) is 0 Å². The Kier molecular flexibility index (Phi) is 4.20. The molecule has 0 radical (unpaired) electrons. The third-order valence-electron chi connectivity index (χ3n) is 2.41. The molecule has 0 aliphatic carbocycles. The van der Waals surface area contributed by atoms with Gasteiger partial charge < -0.3 is 0 Å². The molecule has 2 rings (SSSR count). The summed E-state index contributed by atoms with van der Waals surface area (Å²) in [6.07, 6.45) is -3.67. The van der Waals surface area contributed by atoms with E-state index in [0.717, 1.165) is 18.4 Å². The lowest BCUT2D eigenvalue weighted by molar-refractivity contribution is -0.137. The van der Waals surface area contributed by atoms with Crippen molar-refractivity contribution in [1.82, 2.24) is 9.36 Å². The number of sulfone groups is 1. The molecule has 0 aliphatic rings. The second kappa shape index (κ2) is 5.65. The predicted molar refractivity (Wildman–Crippen MR) is 72.4 cm³/mol. The molecule has 6 nitrogen and oxygen atoms in total. The smallest absolute Gasteiger partial charge is 0.297 e. The van der Waals surface area contributed by atoms with E-state index in [2.05, 4.69) is 14.7 Å². The SMILES string of the molecule is CS(=O)(=O)c1nsc(NC(=O)c2cccc(C(F)(F)F)c2)n1. The maximum atomic E-state index is 12.6. The van der Waals surface area contributed by atoms with Crippen LogP contribution in [0.25, 0.3) is 0 Å². The number of halogens is 3. The number of carbonyl (C=O) groups is 1. The standard InChI is InChI=1S/C11H8F3N3O3S2/c1-22(19,20)10-16-9(21-17-10)15-8(18)6-3-2-4-7(5-6)11(12,13)14/h2-5H,1H3,(H,15,16,17,18). The van der Waals surface area contributed by atoms with Gasteiger partial charge in [0.2, 0.25) is 15.0 Å². The first kappa shape index (κ1) is 16.4. The molecule has 1 heterocycles. The number of alkyl halides is 3. The number of nitrogens with zero attached hydrogens (tertiary/aromatic N) is 2. The monoisotopic (exact) mass is 351 g/mol.